The van der Waals surface area contributed by atoms with Gasteiger partial charge >= 0.3 is 0 Å². The highest BCUT2D eigenvalue weighted by molar-refractivity contribution is 6.19. The van der Waals surface area contributed by atoms with E-state index in [0.717, 1.165) is 77.9 Å². The van der Waals surface area contributed by atoms with Gasteiger partial charge in [0.25, 0.3) is 0 Å². The normalized spacial score (nSPS) is 11.5. The van der Waals surface area contributed by atoms with Crippen LogP contribution in [0.4, 0.5) is 0 Å². The number of hydrogen-bond donors (Lipinski definition) is 0. The molecule has 0 spiro atoms. The van der Waals surface area contributed by atoms with Crippen molar-refractivity contribution in [3.8, 4) is 78.1 Å². The van der Waals surface area contributed by atoms with Crippen LogP contribution < -0.4 is 0 Å². The molecule has 0 radical (unpaired) electrons. The molecule has 318 valence electrons. The van der Waals surface area contributed by atoms with E-state index in [1.54, 1.807) is 0 Å². The van der Waals surface area contributed by atoms with Crippen LogP contribution in [-0.2, 0) is 0 Å². The molecule has 9 aromatic carbocycles. The van der Waals surface area contributed by atoms with Crippen molar-refractivity contribution in [1.29, 1.82) is 0 Å². The molecule has 13 aromatic rings. The molecule has 0 aliphatic carbocycles. The van der Waals surface area contributed by atoms with Crippen molar-refractivity contribution < 1.29 is 0 Å². The van der Waals surface area contributed by atoms with Crippen LogP contribution in [0.2, 0.25) is 0 Å². The van der Waals surface area contributed by atoms with Crippen LogP contribution >= 0.6 is 0 Å². The number of aromatic nitrogens is 4. The Morgan fingerprint density at radius 2 is 0.500 bits per heavy atom. The number of nitrogens with zero attached hydrogens (tertiary/aromatic N) is 4. The summed E-state index contributed by atoms with van der Waals surface area (Å²) in [5.74, 6) is 0. The Bertz CT molecular complexity index is 3740. The number of hydrogen-bond acceptors (Lipinski definition) is 2. The molecular formula is C64H42N4. The predicted molar refractivity (Wildman–Crippen MR) is 283 cm³/mol. The quantitative estimate of drug-likeness (QED) is 0.153. The molecule has 68 heavy (non-hydrogen) atoms. The van der Waals surface area contributed by atoms with Crippen LogP contribution in [0.3, 0.4) is 0 Å². The van der Waals surface area contributed by atoms with E-state index in [2.05, 4.69) is 240 Å². The summed E-state index contributed by atoms with van der Waals surface area (Å²) in [6.07, 6.45) is 7.89. The summed E-state index contributed by atoms with van der Waals surface area (Å²) < 4.78 is 4.86. The van der Waals surface area contributed by atoms with Crippen molar-refractivity contribution in [2.45, 2.75) is 0 Å². The third-order valence-corrected chi connectivity index (χ3v) is 13.4. The largest absolute Gasteiger partial charge is 0.309 e. The third-order valence-electron chi connectivity index (χ3n) is 13.4. The van der Waals surface area contributed by atoms with Gasteiger partial charge in [0.2, 0.25) is 0 Å². The summed E-state index contributed by atoms with van der Waals surface area (Å²) in [6.45, 7) is 0. The highest BCUT2D eigenvalue weighted by Crippen LogP contribution is 2.42. The lowest BCUT2D eigenvalue weighted by Crippen LogP contribution is -1.94. The summed E-state index contributed by atoms with van der Waals surface area (Å²) in [6, 6.07) is 83.1. The number of rotatable bonds is 8. The zero-order valence-electron chi connectivity index (χ0n) is 37.0. The summed E-state index contributed by atoms with van der Waals surface area (Å²) in [7, 11) is 0. The molecule has 0 unspecified atom stereocenters. The van der Waals surface area contributed by atoms with Gasteiger partial charge in [-0.1, -0.05) is 158 Å². The van der Waals surface area contributed by atoms with E-state index in [1.165, 1.54) is 43.8 Å². The van der Waals surface area contributed by atoms with Crippen LogP contribution in [-0.4, -0.2) is 19.1 Å². The van der Waals surface area contributed by atoms with Gasteiger partial charge < -0.3 is 9.13 Å². The van der Waals surface area contributed by atoms with Crippen LogP contribution in [0, 0.1) is 0 Å². The number of benzene rings is 9. The Labute approximate surface area is 394 Å². The molecule has 4 aromatic heterocycles. The molecule has 0 N–H and O–H groups in total. The van der Waals surface area contributed by atoms with E-state index in [9.17, 15) is 0 Å². The highest BCUT2D eigenvalue weighted by atomic mass is 15.0. The Hall–Kier alpha value is -9.12. The molecule has 0 bridgehead atoms. The minimum absolute atomic E-state index is 1.07. The molecule has 4 heteroatoms. The van der Waals surface area contributed by atoms with Gasteiger partial charge in [0, 0.05) is 80.0 Å². The van der Waals surface area contributed by atoms with E-state index in [0.29, 0.717) is 0 Å². The zero-order valence-corrected chi connectivity index (χ0v) is 37.0. The topological polar surface area (TPSA) is 35.6 Å². The SMILES string of the molecule is c1ccc(-c2cccc(-c3cncc(-c4ccc5c6cc7c(cc6n(-c6ccccc6)c5c4)c4ccc(-c5cncc(-c6cccc(-c8ccccc8)c6)c5)cc4n7-c4ccccc4)c3)c2)cc1. The standard InChI is InChI=1S/C64H42N4/c1-5-15-43(16-6-1)45-19-13-21-47(31-45)51-33-53(41-65-39-51)49-27-29-57-59-37-64-60(38-63(59)67(61(57)35-49)55-23-9-3-10-24-55)58-30-28-50(36-62(58)68(64)56-25-11-4-12-26-56)54-34-52(40-66-42-54)48-22-14-20-46(32-48)44-17-7-2-8-18-44/h1-42H. The lowest BCUT2D eigenvalue weighted by Gasteiger charge is -2.10. The summed E-state index contributed by atoms with van der Waals surface area (Å²) >= 11 is 0. The smallest absolute Gasteiger partial charge is 0.0548 e. The first kappa shape index (κ1) is 39.3. The van der Waals surface area contributed by atoms with Gasteiger partial charge in [0.05, 0.1) is 22.1 Å². The number of para-hydroxylation sites is 2. The number of fused-ring (bicyclic) bond motifs is 6. The monoisotopic (exact) mass is 866 g/mol. The van der Waals surface area contributed by atoms with E-state index in [-0.39, 0.29) is 0 Å². The fourth-order valence-corrected chi connectivity index (χ4v) is 10.1. The lowest BCUT2D eigenvalue weighted by atomic mass is 9.97. The molecule has 0 atom stereocenters. The summed E-state index contributed by atoms with van der Waals surface area (Å²) in [5, 5.41) is 4.78. The lowest BCUT2D eigenvalue weighted by molar-refractivity contribution is 1.17. The molecule has 0 fully saturated rings. The minimum Gasteiger partial charge on any atom is -0.309 e. The van der Waals surface area contributed by atoms with Gasteiger partial charge in [-0.05, 0) is 117 Å². The molecular weight excluding hydrogens is 825 g/mol. The first-order valence-electron chi connectivity index (χ1n) is 23.1. The predicted octanol–water partition coefficient (Wildman–Crippen LogP) is 16.7. The summed E-state index contributed by atoms with van der Waals surface area (Å²) in [4.78, 5) is 9.57. The van der Waals surface area contributed by atoms with Crippen LogP contribution in [0.5, 0.6) is 0 Å². The van der Waals surface area contributed by atoms with Crippen LogP contribution in [0.15, 0.2) is 255 Å². The third kappa shape index (κ3) is 6.86. The van der Waals surface area contributed by atoms with Gasteiger partial charge in [0.15, 0.2) is 0 Å². The van der Waals surface area contributed by atoms with Crippen molar-refractivity contribution in [2.75, 3.05) is 0 Å². The van der Waals surface area contributed by atoms with Crippen molar-refractivity contribution in [3.63, 3.8) is 0 Å². The average Bonchev–Trinajstić information content (AvgIpc) is 3.92. The minimum atomic E-state index is 1.07. The van der Waals surface area contributed by atoms with Crippen LogP contribution in [0.1, 0.15) is 0 Å². The Balaban J connectivity index is 0.961. The second-order valence-electron chi connectivity index (χ2n) is 17.5. The van der Waals surface area contributed by atoms with E-state index >= 15 is 0 Å². The maximum Gasteiger partial charge on any atom is 0.0548 e. The van der Waals surface area contributed by atoms with Gasteiger partial charge in [0.1, 0.15) is 0 Å². The van der Waals surface area contributed by atoms with E-state index in [1.807, 2.05) is 24.8 Å². The maximum absolute atomic E-state index is 4.78. The molecule has 0 saturated heterocycles. The van der Waals surface area contributed by atoms with Gasteiger partial charge in [-0.25, -0.2) is 0 Å². The maximum atomic E-state index is 4.78. The molecule has 0 amide bonds. The summed E-state index contributed by atoms with van der Waals surface area (Å²) in [5.41, 5.74) is 20.4. The van der Waals surface area contributed by atoms with Gasteiger partial charge in [-0.15, -0.1) is 0 Å². The Morgan fingerprint density at radius 1 is 0.206 bits per heavy atom. The fraction of sp³-hybridized carbons (Fsp3) is 0. The molecule has 0 aliphatic heterocycles. The first-order valence-corrected chi connectivity index (χ1v) is 23.1. The highest BCUT2D eigenvalue weighted by Gasteiger charge is 2.20. The Morgan fingerprint density at radius 3 is 0.882 bits per heavy atom. The second-order valence-corrected chi connectivity index (χ2v) is 17.5. The first-order chi connectivity index (χ1) is 33.7. The molecule has 0 aliphatic rings. The van der Waals surface area contributed by atoms with Crippen molar-refractivity contribution >= 4 is 43.6 Å². The number of pyridine rings is 2. The zero-order chi connectivity index (χ0) is 45.0. The van der Waals surface area contributed by atoms with Crippen molar-refractivity contribution in [1.82, 2.24) is 19.1 Å². The molecule has 4 nitrogen and oxygen atoms in total. The second kappa shape index (κ2) is 16.4. The van der Waals surface area contributed by atoms with Gasteiger partial charge in [-0.3, -0.25) is 9.97 Å². The van der Waals surface area contributed by atoms with Gasteiger partial charge in [-0.2, -0.15) is 0 Å². The van der Waals surface area contributed by atoms with E-state index in [4.69, 9.17) is 9.97 Å². The van der Waals surface area contributed by atoms with E-state index < -0.39 is 0 Å². The fourth-order valence-electron chi connectivity index (χ4n) is 10.1. The molecule has 13 rings (SSSR count). The van der Waals surface area contributed by atoms with Crippen molar-refractivity contribution in [2.24, 2.45) is 0 Å². The van der Waals surface area contributed by atoms with Crippen molar-refractivity contribution in [3.05, 3.63) is 255 Å². The Kier molecular flexibility index (Phi) is 9.47. The molecule has 4 heterocycles. The molecule has 0 saturated carbocycles. The average molecular weight is 867 g/mol. The van der Waals surface area contributed by atoms with Crippen LogP contribution in [0.25, 0.3) is 122 Å².